The fourth-order valence-electron chi connectivity index (χ4n) is 5.93. The van der Waals surface area contributed by atoms with E-state index in [0.29, 0.717) is 23.8 Å². The first kappa shape index (κ1) is 20.4. The molecule has 0 bridgehead atoms. The fraction of sp³-hybridized carbons (Fsp3) is 0.652. The van der Waals surface area contributed by atoms with E-state index >= 15 is 0 Å². The molecule has 0 unspecified atom stereocenters. The van der Waals surface area contributed by atoms with Crippen LogP contribution >= 0.6 is 0 Å². The average molecular weight is 425 g/mol. The number of likely N-dealkylation sites (tertiary alicyclic amines) is 2. The molecule has 31 heavy (non-hydrogen) atoms. The molecule has 5 rings (SSSR count). The Morgan fingerprint density at radius 3 is 2.48 bits per heavy atom. The predicted molar refractivity (Wildman–Crippen MR) is 116 cm³/mol. The van der Waals surface area contributed by atoms with E-state index in [2.05, 4.69) is 37.5 Å². The van der Waals surface area contributed by atoms with Crippen molar-refractivity contribution >= 4 is 5.91 Å². The Morgan fingerprint density at radius 1 is 1.06 bits per heavy atom. The van der Waals surface area contributed by atoms with Gasteiger partial charge in [0, 0.05) is 63.9 Å². The van der Waals surface area contributed by atoms with Crippen LogP contribution in [0.3, 0.4) is 0 Å². The van der Waals surface area contributed by atoms with Gasteiger partial charge in [-0.1, -0.05) is 0 Å². The van der Waals surface area contributed by atoms with Crippen molar-refractivity contribution < 1.29 is 9.53 Å². The molecular weight excluding hydrogens is 392 g/mol. The molecule has 0 aromatic carbocycles. The molecule has 2 saturated heterocycles. The second-order valence-corrected chi connectivity index (χ2v) is 9.33. The second-order valence-electron chi connectivity index (χ2n) is 9.33. The van der Waals surface area contributed by atoms with Crippen LogP contribution in [0.1, 0.15) is 44.5 Å². The van der Waals surface area contributed by atoms with Crippen molar-refractivity contribution in [2.45, 2.75) is 57.7 Å². The molecule has 3 aliphatic rings. The summed E-state index contributed by atoms with van der Waals surface area (Å²) in [5.74, 6) is 3.13. The molecule has 1 saturated carbocycles. The zero-order valence-corrected chi connectivity index (χ0v) is 18.4. The molecule has 8 heteroatoms. The molecule has 0 N–H and O–H groups in total. The number of piperidine rings is 1. The van der Waals surface area contributed by atoms with E-state index < -0.39 is 0 Å². The van der Waals surface area contributed by atoms with Gasteiger partial charge in [0.05, 0.1) is 12.2 Å². The van der Waals surface area contributed by atoms with Crippen LogP contribution in [0.15, 0.2) is 31.0 Å². The van der Waals surface area contributed by atoms with Crippen molar-refractivity contribution in [3.05, 3.63) is 36.8 Å². The van der Waals surface area contributed by atoms with Crippen molar-refractivity contribution in [3.8, 4) is 5.88 Å². The Hall–Kier alpha value is -2.48. The number of carbonyl (C=O) groups excluding carboxylic acids is 1. The van der Waals surface area contributed by atoms with Gasteiger partial charge < -0.3 is 14.2 Å². The zero-order chi connectivity index (χ0) is 21.4. The maximum atomic E-state index is 11.7. The summed E-state index contributed by atoms with van der Waals surface area (Å²) in [5, 5.41) is 0. The quantitative estimate of drug-likeness (QED) is 0.750. The number of aryl methyl sites for hydroxylation is 1. The minimum absolute atomic E-state index is 0.0605. The highest BCUT2D eigenvalue weighted by molar-refractivity contribution is 5.73. The summed E-state index contributed by atoms with van der Waals surface area (Å²) in [7, 11) is 0. The molecule has 166 valence electrons. The van der Waals surface area contributed by atoms with Crippen LogP contribution in [0.25, 0.3) is 0 Å². The van der Waals surface area contributed by atoms with Crippen LogP contribution < -0.4 is 4.74 Å². The molecule has 4 heterocycles. The topological polar surface area (TPSA) is 76.4 Å². The van der Waals surface area contributed by atoms with Crippen molar-refractivity contribution in [2.75, 3.05) is 26.2 Å². The zero-order valence-electron chi connectivity index (χ0n) is 18.4. The van der Waals surface area contributed by atoms with Crippen LogP contribution in [0.5, 0.6) is 5.88 Å². The third kappa shape index (κ3) is 4.18. The van der Waals surface area contributed by atoms with Crippen LogP contribution in [-0.4, -0.2) is 73.6 Å². The Morgan fingerprint density at radius 2 is 1.84 bits per heavy atom. The highest BCUT2D eigenvalue weighted by Crippen LogP contribution is 2.44. The molecular formula is C23H32N6O2. The minimum Gasteiger partial charge on any atom is -0.471 e. The number of amides is 1. The Bertz CT molecular complexity index is 894. The molecule has 4 atom stereocenters. The average Bonchev–Trinajstić information content (AvgIpc) is 3.39. The number of hydrogen-bond donors (Lipinski definition) is 0. The molecule has 0 radical (unpaired) electrons. The molecule has 2 aromatic rings. The number of rotatable bonds is 4. The standard InChI is InChI=1S/C23H32N6O2/c1-16-25-7-10-29(16)21-11-18-14-28(20-3-8-27(9-4-20)17(2)30)15-19(18)12-22(21)31-23-13-24-5-6-26-23/h5-7,10,13,18-22H,3-4,8-9,11-12,14-15H2,1-2H3/t18-,19+,21-,22-/m0/s1. The van der Waals surface area contributed by atoms with Gasteiger partial charge in [0.15, 0.2) is 0 Å². The lowest BCUT2D eigenvalue weighted by atomic mass is 9.77. The number of hydrogen-bond acceptors (Lipinski definition) is 6. The Balaban J connectivity index is 1.30. The van der Waals surface area contributed by atoms with Crippen LogP contribution in [-0.2, 0) is 4.79 Å². The third-order valence-electron chi connectivity index (χ3n) is 7.57. The van der Waals surface area contributed by atoms with Gasteiger partial charge in [-0.15, -0.1) is 0 Å². The molecule has 2 aliphatic heterocycles. The Kier molecular flexibility index (Phi) is 5.65. The van der Waals surface area contributed by atoms with Gasteiger partial charge in [-0.05, 0) is 44.4 Å². The monoisotopic (exact) mass is 424 g/mol. The lowest BCUT2D eigenvalue weighted by molar-refractivity contribution is -0.130. The predicted octanol–water partition coefficient (Wildman–Crippen LogP) is 2.32. The van der Waals surface area contributed by atoms with E-state index in [4.69, 9.17) is 4.74 Å². The first-order valence-corrected chi connectivity index (χ1v) is 11.5. The molecule has 2 aromatic heterocycles. The van der Waals surface area contributed by atoms with E-state index in [1.54, 1.807) is 25.5 Å². The lowest BCUT2D eigenvalue weighted by Gasteiger charge is -2.38. The van der Waals surface area contributed by atoms with Crippen molar-refractivity contribution in [1.29, 1.82) is 0 Å². The van der Waals surface area contributed by atoms with Gasteiger partial charge in [-0.3, -0.25) is 14.7 Å². The molecule has 1 aliphatic carbocycles. The van der Waals surface area contributed by atoms with Gasteiger partial charge in [0.1, 0.15) is 11.9 Å². The van der Waals surface area contributed by atoms with E-state index in [1.165, 1.54) is 0 Å². The number of nitrogens with zero attached hydrogens (tertiary/aromatic N) is 6. The summed E-state index contributed by atoms with van der Waals surface area (Å²) in [6.07, 6.45) is 13.4. The maximum Gasteiger partial charge on any atom is 0.232 e. The summed E-state index contributed by atoms with van der Waals surface area (Å²) < 4.78 is 8.67. The van der Waals surface area contributed by atoms with Crippen LogP contribution in [0.2, 0.25) is 0 Å². The highest BCUT2D eigenvalue weighted by atomic mass is 16.5. The summed E-state index contributed by atoms with van der Waals surface area (Å²) in [6, 6.07) is 0.847. The molecule has 0 spiro atoms. The number of carbonyl (C=O) groups is 1. The summed E-state index contributed by atoms with van der Waals surface area (Å²) in [6.45, 7) is 7.81. The fourth-order valence-corrected chi connectivity index (χ4v) is 5.93. The highest BCUT2D eigenvalue weighted by Gasteiger charge is 2.45. The smallest absolute Gasteiger partial charge is 0.232 e. The van der Waals surface area contributed by atoms with Crippen LogP contribution in [0.4, 0.5) is 0 Å². The summed E-state index contributed by atoms with van der Waals surface area (Å²) in [5.41, 5.74) is 0. The van der Waals surface area contributed by atoms with E-state index in [1.807, 2.05) is 11.1 Å². The van der Waals surface area contributed by atoms with Gasteiger partial charge >= 0.3 is 0 Å². The number of ether oxygens (including phenoxy) is 1. The normalized spacial score (nSPS) is 29.7. The molecule has 3 fully saturated rings. The third-order valence-corrected chi connectivity index (χ3v) is 7.57. The number of fused-ring (bicyclic) bond motifs is 1. The van der Waals surface area contributed by atoms with Crippen molar-refractivity contribution in [1.82, 2.24) is 29.3 Å². The van der Waals surface area contributed by atoms with Gasteiger partial charge in [0.25, 0.3) is 0 Å². The second kappa shape index (κ2) is 8.57. The Labute approximate surface area is 183 Å². The van der Waals surface area contributed by atoms with Crippen molar-refractivity contribution in [2.24, 2.45) is 11.8 Å². The minimum atomic E-state index is 0.0605. The van der Waals surface area contributed by atoms with Gasteiger partial charge in [-0.2, -0.15) is 0 Å². The lowest BCUT2D eigenvalue weighted by Crippen LogP contribution is -2.45. The first-order chi connectivity index (χ1) is 15.1. The SMILES string of the molecule is CC(=O)N1CCC(N2C[C@H]3C[C@H](Oc4cnccn4)[C@@H](n4ccnc4C)C[C@H]3C2)CC1. The molecule has 1 amide bonds. The van der Waals surface area contributed by atoms with Gasteiger partial charge in [-0.25, -0.2) is 9.97 Å². The first-order valence-electron chi connectivity index (χ1n) is 11.5. The number of aromatic nitrogens is 4. The van der Waals surface area contributed by atoms with Crippen molar-refractivity contribution in [3.63, 3.8) is 0 Å². The largest absolute Gasteiger partial charge is 0.471 e. The number of imidazole rings is 1. The van der Waals surface area contributed by atoms with Crippen LogP contribution in [0, 0.1) is 18.8 Å². The summed E-state index contributed by atoms with van der Waals surface area (Å²) >= 11 is 0. The summed E-state index contributed by atoms with van der Waals surface area (Å²) in [4.78, 5) is 29.3. The maximum absolute atomic E-state index is 11.7. The molecule has 8 nitrogen and oxygen atoms in total. The van der Waals surface area contributed by atoms with E-state index in [9.17, 15) is 4.79 Å². The van der Waals surface area contributed by atoms with E-state index in [-0.39, 0.29) is 18.1 Å². The van der Waals surface area contributed by atoms with E-state index in [0.717, 1.165) is 57.7 Å². The van der Waals surface area contributed by atoms with Gasteiger partial charge in [0.2, 0.25) is 11.8 Å².